The van der Waals surface area contributed by atoms with Crippen LogP contribution in [0.4, 0.5) is 0 Å². The van der Waals surface area contributed by atoms with Gasteiger partial charge in [-0.2, -0.15) is 0 Å². The molecule has 2 nitrogen and oxygen atoms in total. The van der Waals surface area contributed by atoms with Gasteiger partial charge in [0, 0.05) is 6.04 Å². The number of fused-ring (bicyclic) bond motifs is 1. The van der Waals surface area contributed by atoms with E-state index in [4.69, 9.17) is 4.74 Å². The van der Waals surface area contributed by atoms with Crippen LogP contribution < -0.4 is 10.1 Å². The molecule has 0 radical (unpaired) electrons. The molecule has 0 aromatic heterocycles. The molecular weight excluding hydrogens is 174 g/mol. The molecule has 2 rings (SSSR count). The van der Waals surface area contributed by atoms with Crippen molar-refractivity contribution in [2.75, 3.05) is 13.7 Å². The fourth-order valence-corrected chi connectivity index (χ4v) is 1.82. The average Bonchev–Trinajstić information content (AvgIpc) is 2.27. The number of nitrogens with one attached hydrogen (secondary N) is 1. The second-order valence-electron chi connectivity index (χ2n) is 3.83. The van der Waals surface area contributed by atoms with Crippen molar-refractivity contribution in [3.05, 3.63) is 29.3 Å². The molecule has 0 saturated heterocycles. The Balaban J connectivity index is 2.29. The van der Waals surface area contributed by atoms with Crippen molar-refractivity contribution in [2.45, 2.75) is 25.8 Å². The Morgan fingerprint density at radius 2 is 2.29 bits per heavy atom. The van der Waals surface area contributed by atoms with Crippen LogP contribution in [-0.2, 0) is 6.42 Å². The van der Waals surface area contributed by atoms with E-state index >= 15 is 0 Å². The fraction of sp³-hybridized carbons (Fsp3) is 0.500. The second kappa shape index (κ2) is 4.01. The molecule has 0 unspecified atom stereocenters. The molecule has 2 heteroatoms. The van der Waals surface area contributed by atoms with E-state index in [2.05, 4.69) is 30.4 Å². The summed E-state index contributed by atoms with van der Waals surface area (Å²) in [4.78, 5) is 0. The maximum Gasteiger partial charge on any atom is 0.122 e. The normalized spacial score (nSPS) is 17.0. The minimum absolute atomic E-state index is 0.419. The first-order valence-electron chi connectivity index (χ1n) is 5.24. The van der Waals surface area contributed by atoms with Crippen LogP contribution in [0.5, 0.6) is 5.75 Å². The highest BCUT2D eigenvalue weighted by molar-refractivity contribution is 5.39. The van der Waals surface area contributed by atoms with Crippen molar-refractivity contribution < 1.29 is 4.74 Å². The van der Waals surface area contributed by atoms with Crippen LogP contribution >= 0.6 is 0 Å². The third-order valence-corrected chi connectivity index (χ3v) is 2.87. The molecule has 1 aliphatic heterocycles. The first-order valence-corrected chi connectivity index (χ1v) is 5.24. The Morgan fingerprint density at radius 1 is 1.43 bits per heavy atom. The second-order valence-corrected chi connectivity index (χ2v) is 3.83. The van der Waals surface area contributed by atoms with Gasteiger partial charge >= 0.3 is 0 Å². The van der Waals surface area contributed by atoms with Crippen molar-refractivity contribution in [3.8, 4) is 5.75 Å². The van der Waals surface area contributed by atoms with Gasteiger partial charge in [0.15, 0.2) is 0 Å². The average molecular weight is 191 g/mol. The van der Waals surface area contributed by atoms with Crippen molar-refractivity contribution in [3.63, 3.8) is 0 Å². The molecule has 0 aliphatic carbocycles. The van der Waals surface area contributed by atoms with E-state index < -0.39 is 0 Å². The summed E-state index contributed by atoms with van der Waals surface area (Å²) in [6.07, 6.45) is 2.30. The van der Waals surface area contributed by atoms with Crippen molar-refractivity contribution in [1.82, 2.24) is 5.32 Å². The Morgan fingerprint density at radius 3 is 3.07 bits per heavy atom. The Kier molecular flexibility index (Phi) is 2.73. The molecule has 0 amide bonds. The standard InChI is InChI=1S/C12H17NO/c1-9(13-2)10-5-6-12-11(8-10)4-3-7-14-12/h5-6,8-9,13H,3-4,7H2,1-2H3/t9-/m1/s1. The summed E-state index contributed by atoms with van der Waals surface area (Å²) < 4.78 is 5.57. The number of ether oxygens (including phenoxy) is 1. The predicted octanol–water partition coefficient (Wildman–Crippen LogP) is 2.29. The van der Waals surface area contributed by atoms with E-state index in [1.165, 1.54) is 11.1 Å². The van der Waals surface area contributed by atoms with E-state index in [0.29, 0.717) is 6.04 Å². The number of rotatable bonds is 2. The third kappa shape index (κ3) is 1.75. The van der Waals surface area contributed by atoms with Crippen molar-refractivity contribution >= 4 is 0 Å². The predicted molar refractivity (Wildman–Crippen MR) is 57.7 cm³/mol. The van der Waals surface area contributed by atoms with Gasteiger partial charge < -0.3 is 10.1 Å². The van der Waals surface area contributed by atoms with Gasteiger partial charge in [-0.25, -0.2) is 0 Å². The topological polar surface area (TPSA) is 21.3 Å². The summed E-state index contributed by atoms with van der Waals surface area (Å²) in [5.41, 5.74) is 2.70. The lowest BCUT2D eigenvalue weighted by Gasteiger charge is -2.19. The Bertz CT molecular complexity index is 322. The summed E-state index contributed by atoms with van der Waals surface area (Å²) in [6, 6.07) is 6.92. The number of benzene rings is 1. The molecule has 1 N–H and O–H groups in total. The molecule has 76 valence electrons. The highest BCUT2D eigenvalue weighted by atomic mass is 16.5. The lowest BCUT2D eigenvalue weighted by molar-refractivity contribution is 0.288. The van der Waals surface area contributed by atoms with Crippen molar-refractivity contribution in [2.24, 2.45) is 0 Å². The molecule has 0 bridgehead atoms. The Hall–Kier alpha value is -1.02. The van der Waals surface area contributed by atoms with Crippen LogP contribution in [0.15, 0.2) is 18.2 Å². The summed E-state index contributed by atoms with van der Waals surface area (Å²) in [6.45, 7) is 3.04. The zero-order chi connectivity index (χ0) is 9.97. The van der Waals surface area contributed by atoms with Crippen molar-refractivity contribution in [1.29, 1.82) is 0 Å². The third-order valence-electron chi connectivity index (χ3n) is 2.87. The van der Waals surface area contributed by atoms with Gasteiger partial charge in [-0.1, -0.05) is 12.1 Å². The summed E-state index contributed by atoms with van der Waals surface area (Å²) in [5.74, 6) is 1.07. The van der Waals surface area contributed by atoms with Gasteiger partial charge in [0.05, 0.1) is 6.61 Å². The molecule has 1 atom stereocenters. The first kappa shape index (κ1) is 9.53. The van der Waals surface area contributed by atoms with Gasteiger partial charge in [-0.05, 0) is 44.0 Å². The number of aryl methyl sites for hydroxylation is 1. The lowest BCUT2D eigenvalue weighted by atomic mass is 10.0. The number of hydrogen-bond acceptors (Lipinski definition) is 2. The molecule has 14 heavy (non-hydrogen) atoms. The van der Waals surface area contributed by atoms with E-state index in [-0.39, 0.29) is 0 Å². The highest BCUT2D eigenvalue weighted by Crippen LogP contribution is 2.27. The zero-order valence-electron chi connectivity index (χ0n) is 8.84. The molecule has 1 aliphatic rings. The quantitative estimate of drug-likeness (QED) is 0.774. The monoisotopic (exact) mass is 191 g/mol. The maximum absolute atomic E-state index is 5.57. The van der Waals surface area contributed by atoms with Gasteiger partial charge in [-0.3, -0.25) is 0 Å². The van der Waals surface area contributed by atoms with E-state index in [0.717, 1.165) is 25.2 Å². The van der Waals surface area contributed by atoms with Gasteiger partial charge in [0.1, 0.15) is 5.75 Å². The SMILES string of the molecule is CN[C@H](C)c1ccc2c(c1)CCCO2. The van der Waals surface area contributed by atoms with Crippen LogP contribution in [0.2, 0.25) is 0 Å². The summed E-state index contributed by atoms with van der Waals surface area (Å²) in [7, 11) is 1.99. The maximum atomic E-state index is 5.57. The zero-order valence-corrected chi connectivity index (χ0v) is 8.84. The van der Waals surface area contributed by atoms with Crippen LogP contribution in [0.3, 0.4) is 0 Å². The van der Waals surface area contributed by atoms with Gasteiger partial charge in [0.2, 0.25) is 0 Å². The molecule has 1 aromatic carbocycles. The van der Waals surface area contributed by atoms with Crippen LogP contribution in [0.1, 0.15) is 30.5 Å². The highest BCUT2D eigenvalue weighted by Gasteiger charge is 2.12. The minimum Gasteiger partial charge on any atom is -0.493 e. The van der Waals surface area contributed by atoms with E-state index in [1.54, 1.807) is 0 Å². The van der Waals surface area contributed by atoms with Crippen LogP contribution in [0.25, 0.3) is 0 Å². The van der Waals surface area contributed by atoms with Crippen LogP contribution in [0, 0.1) is 0 Å². The van der Waals surface area contributed by atoms with E-state index in [1.807, 2.05) is 7.05 Å². The molecular formula is C12H17NO. The van der Waals surface area contributed by atoms with Gasteiger partial charge in [-0.15, -0.1) is 0 Å². The largest absolute Gasteiger partial charge is 0.493 e. The number of hydrogen-bond donors (Lipinski definition) is 1. The molecule has 1 heterocycles. The lowest BCUT2D eigenvalue weighted by Crippen LogP contribution is -2.14. The molecule has 0 spiro atoms. The fourth-order valence-electron chi connectivity index (χ4n) is 1.82. The van der Waals surface area contributed by atoms with Gasteiger partial charge in [0.25, 0.3) is 0 Å². The molecule has 0 fully saturated rings. The minimum atomic E-state index is 0.419. The molecule has 0 saturated carbocycles. The van der Waals surface area contributed by atoms with E-state index in [9.17, 15) is 0 Å². The van der Waals surface area contributed by atoms with Crippen LogP contribution in [-0.4, -0.2) is 13.7 Å². The summed E-state index contributed by atoms with van der Waals surface area (Å²) in [5, 5.41) is 3.25. The summed E-state index contributed by atoms with van der Waals surface area (Å²) >= 11 is 0. The molecule has 1 aromatic rings. The first-order chi connectivity index (χ1) is 6.81. The Labute approximate surface area is 85.3 Å². The smallest absolute Gasteiger partial charge is 0.122 e.